The van der Waals surface area contributed by atoms with E-state index in [-0.39, 0.29) is 31.7 Å². The highest BCUT2D eigenvalue weighted by molar-refractivity contribution is 5.92. The number of carboxylic acid groups (broad SMARTS) is 3. The Balaban J connectivity index is 6.18. The van der Waals surface area contributed by atoms with Gasteiger partial charge in [0.15, 0.2) is 5.60 Å². The Bertz CT molecular complexity index is 544. The van der Waals surface area contributed by atoms with Crippen molar-refractivity contribution in [2.75, 3.05) is 6.61 Å². The summed E-state index contributed by atoms with van der Waals surface area (Å²) >= 11 is 0. The molecule has 0 aromatic rings. The zero-order valence-corrected chi connectivity index (χ0v) is 17.2. The Hall–Kier alpha value is -1.96. The van der Waals surface area contributed by atoms with Crippen LogP contribution in [0, 0.1) is 5.41 Å². The van der Waals surface area contributed by atoms with E-state index in [1.807, 2.05) is 13.8 Å². The molecule has 0 aliphatic heterocycles. The first-order chi connectivity index (χ1) is 13.1. The minimum absolute atomic E-state index is 0.00932. The van der Waals surface area contributed by atoms with E-state index in [4.69, 9.17) is 4.74 Å². The van der Waals surface area contributed by atoms with Gasteiger partial charge in [-0.3, -0.25) is 9.59 Å². The summed E-state index contributed by atoms with van der Waals surface area (Å²) in [5.74, 6) is -4.41. The highest BCUT2D eigenvalue weighted by Crippen LogP contribution is 2.47. The molecule has 2 unspecified atom stereocenters. The van der Waals surface area contributed by atoms with Crippen molar-refractivity contribution in [2.45, 2.75) is 90.6 Å². The van der Waals surface area contributed by atoms with Crippen LogP contribution in [0.2, 0.25) is 0 Å². The van der Waals surface area contributed by atoms with E-state index in [1.165, 1.54) is 6.92 Å². The lowest BCUT2D eigenvalue weighted by atomic mass is 9.63. The molecule has 0 radical (unpaired) electrons. The van der Waals surface area contributed by atoms with E-state index in [2.05, 4.69) is 0 Å². The first-order valence-electron chi connectivity index (χ1n) is 9.91. The molecule has 0 bridgehead atoms. The average Bonchev–Trinajstić information content (AvgIpc) is 2.59. The summed E-state index contributed by atoms with van der Waals surface area (Å²) in [6.07, 6.45) is 2.18. The molecule has 0 amide bonds. The average molecular weight is 402 g/mol. The zero-order valence-electron chi connectivity index (χ0n) is 17.2. The molecule has 0 aliphatic carbocycles. The lowest BCUT2D eigenvalue weighted by molar-refractivity contribution is -0.208. The van der Waals surface area contributed by atoms with Crippen LogP contribution in [0.15, 0.2) is 0 Å². The number of carboxylic acids is 3. The summed E-state index contributed by atoms with van der Waals surface area (Å²) < 4.78 is 5.62. The van der Waals surface area contributed by atoms with Gasteiger partial charge in [-0.25, -0.2) is 4.79 Å². The Morgan fingerprint density at radius 3 is 1.82 bits per heavy atom. The second kappa shape index (κ2) is 12.5. The van der Waals surface area contributed by atoms with Gasteiger partial charge in [0.2, 0.25) is 0 Å². The fourth-order valence-electron chi connectivity index (χ4n) is 3.50. The van der Waals surface area contributed by atoms with E-state index in [1.54, 1.807) is 0 Å². The number of ketones is 1. The number of carbonyl (C=O) groups excluding carboxylic acids is 1. The minimum atomic E-state index is -2.37. The van der Waals surface area contributed by atoms with Gasteiger partial charge >= 0.3 is 17.9 Å². The summed E-state index contributed by atoms with van der Waals surface area (Å²) in [7, 11) is 0. The molecule has 0 fully saturated rings. The molecule has 0 heterocycles. The summed E-state index contributed by atoms with van der Waals surface area (Å²) in [4.78, 5) is 47.4. The maximum Gasteiger partial charge on any atom is 0.337 e. The number of Topliss-reactive ketones (excluding diaryl/α,β-unsaturated/α-hetero) is 1. The van der Waals surface area contributed by atoms with Crippen molar-refractivity contribution in [2.24, 2.45) is 5.41 Å². The predicted octanol–water partition coefficient (Wildman–Crippen LogP) is 3.51. The van der Waals surface area contributed by atoms with Gasteiger partial charge in [0, 0.05) is 13.0 Å². The maximum atomic E-state index is 12.4. The van der Waals surface area contributed by atoms with E-state index in [9.17, 15) is 34.5 Å². The monoisotopic (exact) mass is 402 g/mol. The third-order valence-electron chi connectivity index (χ3n) is 5.11. The number of aliphatic carboxylic acids is 3. The van der Waals surface area contributed by atoms with Gasteiger partial charge in [0.05, 0.1) is 6.42 Å². The fraction of sp³-hybridized carbons (Fsp3) is 0.800. The van der Waals surface area contributed by atoms with Crippen molar-refractivity contribution in [1.29, 1.82) is 0 Å². The Morgan fingerprint density at radius 1 is 0.821 bits per heavy atom. The molecule has 0 aromatic heterocycles. The van der Waals surface area contributed by atoms with Crippen LogP contribution in [0.25, 0.3) is 0 Å². The van der Waals surface area contributed by atoms with Gasteiger partial charge in [-0.05, 0) is 32.6 Å². The van der Waals surface area contributed by atoms with Crippen molar-refractivity contribution in [1.82, 2.24) is 0 Å². The minimum Gasteiger partial charge on any atom is -0.481 e. The van der Waals surface area contributed by atoms with E-state index >= 15 is 0 Å². The standard InChI is InChI=1S/C20H34O8/c1-4-6-11-19(17(24)25,12-9-8-10-15(3)21)20(18(26)27,14-16(22)23)28-13-7-5-2/h4-14H2,1-3H3,(H,22,23)(H,24,25)(H,26,27). The molecule has 0 aromatic carbocycles. The number of rotatable bonds is 17. The van der Waals surface area contributed by atoms with Crippen LogP contribution in [-0.2, 0) is 23.9 Å². The van der Waals surface area contributed by atoms with E-state index in [0.717, 1.165) is 0 Å². The first kappa shape index (κ1) is 26.0. The number of hydrogen-bond donors (Lipinski definition) is 3. The van der Waals surface area contributed by atoms with Crippen molar-refractivity contribution in [3.05, 3.63) is 0 Å². The number of ether oxygens (including phenoxy) is 1. The summed E-state index contributed by atoms with van der Waals surface area (Å²) in [6.45, 7) is 5.11. The Labute approximate surface area is 166 Å². The molecular formula is C20H34O8. The second-order valence-corrected chi connectivity index (χ2v) is 7.30. The van der Waals surface area contributed by atoms with E-state index < -0.39 is 35.3 Å². The molecule has 162 valence electrons. The van der Waals surface area contributed by atoms with Gasteiger partial charge in [-0.2, -0.15) is 0 Å². The van der Waals surface area contributed by atoms with Crippen LogP contribution in [0.1, 0.15) is 85.0 Å². The van der Waals surface area contributed by atoms with Gasteiger partial charge in [-0.1, -0.05) is 39.5 Å². The molecule has 8 nitrogen and oxygen atoms in total. The third kappa shape index (κ3) is 6.89. The first-order valence-corrected chi connectivity index (χ1v) is 9.91. The van der Waals surface area contributed by atoms with Gasteiger partial charge in [0.1, 0.15) is 11.2 Å². The molecule has 0 saturated heterocycles. The molecule has 0 spiro atoms. The number of unbranched alkanes of at least 4 members (excludes halogenated alkanes) is 3. The topological polar surface area (TPSA) is 138 Å². The third-order valence-corrected chi connectivity index (χ3v) is 5.11. The smallest absolute Gasteiger partial charge is 0.337 e. The Kier molecular flexibility index (Phi) is 11.6. The van der Waals surface area contributed by atoms with Crippen molar-refractivity contribution < 1.29 is 39.2 Å². The summed E-state index contributed by atoms with van der Waals surface area (Å²) in [5.41, 5.74) is -4.26. The predicted molar refractivity (Wildman–Crippen MR) is 102 cm³/mol. The molecule has 0 aliphatic rings. The van der Waals surface area contributed by atoms with E-state index in [0.29, 0.717) is 38.5 Å². The van der Waals surface area contributed by atoms with Crippen LogP contribution < -0.4 is 0 Å². The number of carbonyl (C=O) groups is 4. The molecule has 8 heteroatoms. The van der Waals surface area contributed by atoms with Crippen molar-refractivity contribution in [3.63, 3.8) is 0 Å². The van der Waals surface area contributed by atoms with Crippen molar-refractivity contribution in [3.8, 4) is 0 Å². The lowest BCUT2D eigenvalue weighted by Crippen LogP contribution is -2.61. The fourth-order valence-corrected chi connectivity index (χ4v) is 3.50. The Morgan fingerprint density at radius 2 is 1.39 bits per heavy atom. The largest absolute Gasteiger partial charge is 0.481 e. The quantitative estimate of drug-likeness (QED) is 0.314. The highest BCUT2D eigenvalue weighted by atomic mass is 16.5. The maximum absolute atomic E-state index is 12.4. The van der Waals surface area contributed by atoms with Crippen LogP contribution in [0.4, 0.5) is 0 Å². The molecule has 2 atom stereocenters. The second-order valence-electron chi connectivity index (χ2n) is 7.30. The highest BCUT2D eigenvalue weighted by Gasteiger charge is 2.63. The summed E-state index contributed by atoms with van der Waals surface area (Å²) in [5, 5.41) is 29.5. The van der Waals surface area contributed by atoms with Crippen LogP contribution >= 0.6 is 0 Å². The van der Waals surface area contributed by atoms with Crippen molar-refractivity contribution >= 4 is 23.7 Å². The normalized spacial score (nSPS) is 15.4. The molecular weight excluding hydrogens is 368 g/mol. The molecule has 3 N–H and O–H groups in total. The number of hydrogen-bond acceptors (Lipinski definition) is 5. The molecule has 0 saturated carbocycles. The zero-order chi connectivity index (χ0) is 21.8. The van der Waals surface area contributed by atoms with Gasteiger partial charge in [-0.15, -0.1) is 0 Å². The van der Waals surface area contributed by atoms with Crippen LogP contribution in [-0.4, -0.2) is 51.2 Å². The lowest BCUT2D eigenvalue weighted by Gasteiger charge is -2.44. The molecule has 0 rings (SSSR count). The van der Waals surface area contributed by atoms with Crippen LogP contribution in [0.5, 0.6) is 0 Å². The van der Waals surface area contributed by atoms with Crippen LogP contribution in [0.3, 0.4) is 0 Å². The summed E-state index contributed by atoms with van der Waals surface area (Å²) in [6, 6.07) is 0. The van der Waals surface area contributed by atoms with Gasteiger partial charge in [0.25, 0.3) is 0 Å². The molecule has 28 heavy (non-hydrogen) atoms. The van der Waals surface area contributed by atoms with Gasteiger partial charge < -0.3 is 24.9 Å². The SMILES string of the molecule is CCCCOC(CC(=O)O)(C(=O)O)C(CCCC)(CCCCC(C)=O)C(=O)O.